The molecule has 1 aromatic heterocycles. The fourth-order valence-electron chi connectivity index (χ4n) is 2.28. The molecule has 7 heteroatoms. The zero-order valence-electron chi connectivity index (χ0n) is 13.6. The molecule has 128 valence electrons. The second-order valence-corrected chi connectivity index (χ2v) is 5.78. The standard InChI is InChI=1S/C18H17ClN4O2/c1-25-12-16(24)23-18(20-11-13-5-3-2-4-6-13)21-17(22-23)14-7-9-15(19)10-8-14/h2-10H,11-12H2,1H3,(H,20,21,22). The molecular weight excluding hydrogens is 340 g/mol. The van der Waals surface area contributed by atoms with E-state index < -0.39 is 0 Å². The highest BCUT2D eigenvalue weighted by Crippen LogP contribution is 2.20. The van der Waals surface area contributed by atoms with Gasteiger partial charge in [0.1, 0.15) is 6.61 Å². The Bertz CT molecular complexity index is 847. The molecule has 0 radical (unpaired) electrons. The van der Waals surface area contributed by atoms with Gasteiger partial charge in [-0.15, -0.1) is 5.10 Å². The van der Waals surface area contributed by atoms with Crippen molar-refractivity contribution in [1.82, 2.24) is 14.8 Å². The molecule has 0 fully saturated rings. The number of carbonyl (C=O) groups is 1. The molecule has 0 spiro atoms. The second kappa shape index (κ2) is 7.92. The molecule has 25 heavy (non-hydrogen) atoms. The van der Waals surface area contributed by atoms with Crippen molar-refractivity contribution in [2.45, 2.75) is 6.54 Å². The summed E-state index contributed by atoms with van der Waals surface area (Å²) in [5.41, 5.74) is 1.85. The number of rotatable bonds is 6. The average molecular weight is 357 g/mol. The summed E-state index contributed by atoms with van der Waals surface area (Å²) in [4.78, 5) is 16.7. The van der Waals surface area contributed by atoms with Crippen molar-refractivity contribution >= 4 is 23.5 Å². The molecule has 0 saturated heterocycles. The van der Waals surface area contributed by atoms with Crippen molar-refractivity contribution in [3.05, 3.63) is 65.2 Å². The van der Waals surface area contributed by atoms with Crippen LogP contribution in [0.2, 0.25) is 5.02 Å². The third kappa shape index (κ3) is 4.23. The Labute approximate surface area is 150 Å². The molecule has 2 aromatic carbocycles. The van der Waals surface area contributed by atoms with E-state index in [2.05, 4.69) is 15.4 Å². The fourth-order valence-corrected chi connectivity index (χ4v) is 2.41. The number of nitrogens with zero attached hydrogens (tertiary/aromatic N) is 3. The number of aromatic nitrogens is 3. The number of hydrogen-bond donors (Lipinski definition) is 1. The number of ether oxygens (including phenoxy) is 1. The fraction of sp³-hybridized carbons (Fsp3) is 0.167. The normalized spacial score (nSPS) is 10.6. The molecule has 3 rings (SSSR count). The molecule has 0 aliphatic heterocycles. The first kappa shape index (κ1) is 17.1. The van der Waals surface area contributed by atoms with Gasteiger partial charge >= 0.3 is 0 Å². The molecule has 0 aliphatic carbocycles. The van der Waals surface area contributed by atoms with Crippen LogP contribution < -0.4 is 5.32 Å². The van der Waals surface area contributed by atoms with Crippen LogP contribution >= 0.6 is 11.6 Å². The van der Waals surface area contributed by atoms with Crippen LogP contribution in [0.25, 0.3) is 11.4 Å². The number of anilines is 1. The van der Waals surface area contributed by atoms with E-state index in [0.717, 1.165) is 11.1 Å². The van der Waals surface area contributed by atoms with Crippen molar-refractivity contribution in [3.8, 4) is 11.4 Å². The highest BCUT2D eigenvalue weighted by molar-refractivity contribution is 6.30. The van der Waals surface area contributed by atoms with E-state index in [9.17, 15) is 4.79 Å². The largest absolute Gasteiger partial charge is 0.375 e. The highest BCUT2D eigenvalue weighted by Gasteiger charge is 2.17. The van der Waals surface area contributed by atoms with Crippen LogP contribution in [0.3, 0.4) is 0 Å². The van der Waals surface area contributed by atoms with E-state index in [0.29, 0.717) is 23.3 Å². The van der Waals surface area contributed by atoms with Crippen LogP contribution in [-0.4, -0.2) is 34.4 Å². The number of methoxy groups -OCH3 is 1. The topological polar surface area (TPSA) is 69.0 Å². The minimum absolute atomic E-state index is 0.0799. The average Bonchev–Trinajstić information content (AvgIpc) is 3.06. The maximum atomic E-state index is 12.2. The van der Waals surface area contributed by atoms with Crippen molar-refractivity contribution in [3.63, 3.8) is 0 Å². The van der Waals surface area contributed by atoms with Crippen LogP contribution in [0.1, 0.15) is 10.4 Å². The van der Waals surface area contributed by atoms with Gasteiger partial charge in [-0.3, -0.25) is 4.79 Å². The van der Waals surface area contributed by atoms with E-state index in [1.807, 2.05) is 42.5 Å². The zero-order chi connectivity index (χ0) is 17.6. The molecule has 6 nitrogen and oxygen atoms in total. The SMILES string of the molecule is COCC(=O)n1nc(-c2ccc(Cl)cc2)nc1NCc1ccccc1. The molecule has 0 bridgehead atoms. The lowest BCUT2D eigenvalue weighted by Gasteiger charge is -2.06. The number of hydrogen-bond acceptors (Lipinski definition) is 5. The lowest BCUT2D eigenvalue weighted by Crippen LogP contribution is -2.20. The molecule has 3 aromatic rings. The van der Waals surface area contributed by atoms with Crippen molar-refractivity contribution in [2.75, 3.05) is 19.0 Å². The number of nitrogens with one attached hydrogen (secondary N) is 1. The Hall–Kier alpha value is -2.70. The van der Waals surface area contributed by atoms with Gasteiger partial charge in [0.25, 0.3) is 5.91 Å². The van der Waals surface area contributed by atoms with Crippen LogP contribution in [0.4, 0.5) is 5.95 Å². The monoisotopic (exact) mass is 356 g/mol. The minimum atomic E-state index is -0.300. The molecule has 0 atom stereocenters. The quantitative estimate of drug-likeness (QED) is 0.732. The Kier molecular flexibility index (Phi) is 5.42. The lowest BCUT2D eigenvalue weighted by molar-refractivity contribution is 0.0748. The van der Waals surface area contributed by atoms with E-state index in [1.54, 1.807) is 12.1 Å². The third-order valence-corrected chi connectivity index (χ3v) is 3.76. The smallest absolute Gasteiger partial charge is 0.276 e. The summed E-state index contributed by atoms with van der Waals surface area (Å²) in [6, 6.07) is 17.0. The maximum absolute atomic E-state index is 12.2. The van der Waals surface area contributed by atoms with Gasteiger partial charge < -0.3 is 10.1 Å². The summed E-state index contributed by atoms with van der Waals surface area (Å²) in [7, 11) is 1.46. The highest BCUT2D eigenvalue weighted by atomic mass is 35.5. The molecule has 1 heterocycles. The van der Waals surface area contributed by atoms with Gasteiger partial charge in [0.05, 0.1) is 0 Å². The minimum Gasteiger partial charge on any atom is -0.375 e. The predicted molar refractivity (Wildman–Crippen MR) is 96.7 cm³/mol. The lowest BCUT2D eigenvalue weighted by atomic mass is 10.2. The summed E-state index contributed by atoms with van der Waals surface area (Å²) in [5.74, 6) is 0.512. The molecule has 0 aliphatic rings. The number of benzene rings is 2. The van der Waals surface area contributed by atoms with Gasteiger partial charge in [-0.2, -0.15) is 9.67 Å². The predicted octanol–water partition coefficient (Wildman–Crippen LogP) is 3.50. The summed E-state index contributed by atoms with van der Waals surface area (Å²) >= 11 is 5.92. The van der Waals surface area contributed by atoms with Gasteiger partial charge in [0, 0.05) is 24.2 Å². The second-order valence-electron chi connectivity index (χ2n) is 5.34. The van der Waals surface area contributed by atoms with Gasteiger partial charge in [-0.1, -0.05) is 41.9 Å². The maximum Gasteiger partial charge on any atom is 0.276 e. The van der Waals surface area contributed by atoms with E-state index >= 15 is 0 Å². The first-order chi connectivity index (χ1) is 12.2. The van der Waals surface area contributed by atoms with Crippen LogP contribution in [-0.2, 0) is 11.3 Å². The number of halogens is 1. The molecule has 1 N–H and O–H groups in total. The first-order valence-corrected chi connectivity index (χ1v) is 8.08. The molecular formula is C18H17ClN4O2. The third-order valence-electron chi connectivity index (χ3n) is 3.51. The van der Waals surface area contributed by atoms with Crippen LogP contribution in [0.5, 0.6) is 0 Å². The Balaban J connectivity index is 1.88. The van der Waals surface area contributed by atoms with Gasteiger partial charge in [-0.25, -0.2) is 0 Å². The summed E-state index contributed by atoms with van der Waals surface area (Å²) in [6.45, 7) is 0.448. The molecule has 0 unspecified atom stereocenters. The van der Waals surface area contributed by atoms with E-state index in [1.165, 1.54) is 11.8 Å². The first-order valence-electron chi connectivity index (χ1n) is 7.70. The molecule has 0 amide bonds. The Morgan fingerprint density at radius 2 is 1.88 bits per heavy atom. The van der Waals surface area contributed by atoms with Gasteiger partial charge in [-0.05, 0) is 29.8 Å². The van der Waals surface area contributed by atoms with Crippen molar-refractivity contribution in [1.29, 1.82) is 0 Å². The van der Waals surface area contributed by atoms with Crippen LogP contribution in [0.15, 0.2) is 54.6 Å². The Morgan fingerprint density at radius 3 is 2.56 bits per heavy atom. The van der Waals surface area contributed by atoms with Gasteiger partial charge in [0.2, 0.25) is 5.95 Å². The summed E-state index contributed by atoms with van der Waals surface area (Å²) in [5, 5.41) is 8.09. The summed E-state index contributed by atoms with van der Waals surface area (Å²) < 4.78 is 6.16. The Morgan fingerprint density at radius 1 is 1.16 bits per heavy atom. The van der Waals surface area contributed by atoms with Crippen molar-refractivity contribution in [2.24, 2.45) is 0 Å². The van der Waals surface area contributed by atoms with Crippen molar-refractivity contribution < 1.29 is 9.53 Å². The van der Waals surface area contributed by atoms with Crippen LogP contribution in [0, 0.1) is 0 Å². The summed E-state index contributed by atoms with van der Waals surface area (Å²) in [6.07, 6.45) is 0. The van der Waals surface area contributed by atoms with E-state index in [-0.39, 0.29) is 12.5 Å². The van der Waals surface area contributed by atoms with Gasteiger partial charge in [0.15, 0.2) is 5.82 Å². The number of carbonyl (C=O) groups excluding carboxylic acids is 1. The zero-order valence-corrected chi connectivity index (χ0v) is 14.4. The molecule has 0 saturated carbocycles. The van der Waals surface area contributed by atoms with E-state index in [4.69, 9.17) is 16.3 Å².